The van der Waals surface area contributed by atoms with Crippen LogP contribution in [0.5, 0.6) is 0 Å². The minimum Gasteiger partial charge on any atom is -0.198 e. The molecule has 0 saturated heterocycles. The summed E-state index contributed by atoms with van der Waals surface area (Å²) in [6, 6.07) is 14.9. The summed E-state index contributed by atoms with van der Waals surface area (Å²) in [5, 5.41) is 2.34. The van der Waals surface area contributed by atoms with Gasteiger partial charge in [0.25, 0.3) is 0 Å². The lowest BCUT2D eigenvalue weighted by atomic mass is 9.71. The van der Waals surface area contributed by atoms with Crippen molar-refractivity contribution in [3.8, 4) is 11.3 Å². The van der Waals surface area contributed by atoms with E-state index in [1.54, 1.807) is 0 Å². The highest BCUT2D eigenvalue weighted by molar-refractivity contribution is 5.94. The summed E-state index contributed by atoms with van der Waals surface area (Å²) >= 11 is 0. The largest absolute Gasteiger partial charge is 0.220 e. The molecule has 3 aromatic rings. The van der Waals surface area contributed by atoms with Gasteiger partial charge in [0.05, 0.1) is 6.76 Å². The number of benzene rings is 2. The number of rotatable bonds is 3. The van der Waals surface area contributed by atoms with Crippen LogP contribution < -0.4 is 4.57 Å². The molecular weight excluding hydrogens is 398 g/mol. The van der Waals surface area contributed by atoms with E-state index in [2.05, 4.69) is 75.7 Å². The molecular formula is C32H42N+. The van der Waals surface area contributed by atoms with E-state index in [1.165, 1.54) is 91.1 Å². The molecule has 2 aromatic carbocycles. The number of nitrogens with zero attached hydrogens (tertiary/aromatic N) is 1. The fraction of sp³-hybridized carbons (Fsp3) is 0.531. The second-order valence-electron chi connectivity index (χ2n) is 11.8. The molecule has 0 atom stereocenters. The molecule has 1 heterocycles. The Balaban J connectivity index is 1.62. The van der Waals surface area contributed by atoms with Crippen molar-refractivity contribution in [2.45, 2.75) is 97.3 Å². The SMILES string of the molecule is [2H]c1c(C)[n+](C)c(-c2cc(C3CCCCC3)ccc2C)c2ccc(C3CCC(C)(C)CC3)cc12. The van der Waals surface area contributed by atoms with Gasteiger partial charge in [0, 0.05) is 18.5 Å². The highest BCUT2D eigenvalue weighted by Crippen LogP contribution is 2.43. The summed E-state index contributed by atoms with van der Waals surface area (Å²) < 4.78 is 11.3. The summed E-state index contributed by atoms with van der Waals surface area (Å²) in [6.45, 7) is 9.17. The maximum absolute atomic E-state index is 9.00. The number of hydrogen-bond donors (Lipinski definition) is 0. The Hall–Kier alpha value is -2.15. The van der Waals surface area contributed by atoms with Gasteiger partial charge in [-0.15, -0.1) is 0 Å². The predicted octanol–water partition coefficient (Wildman–Crippen LogP) is 8.68. The molecule has 33 heavy (non-hydrogen) atoms. The van der Waals surface area contributed by atoms with Crippen LogP contribution in [-0.4, -0.2) is 0 Å². The summed E-state index contributed by atoms with van der Waals surface area (Å²) in [5.41, 5.74) is 8.40. The normalized spacial score (nSPS) is 20.2. The van der Waals surface area contributed by atoms with Crippen molar-refractivity contribution in [3.05, 3.63) is 64.8 Å². The zero-order valence-corrected chi connectivity index (χ0v) is 21.4. The molecule has 2 saturated carbocycles. The number of fused-ring (bicyclic) bond motifs is 1. The van der Waals surface area contributed by atoms with Gasteiger partial charge in [0.2, 0.25) is 5.69 Å². The summed E-state index contributed by atoms with van der Waals surface area (Å²) in [7, 11) is 2.14. The molecule has 174 valence electrons. The van der Waals surface area contributed by atoms with Crippen LogP contribution in [0.25, 0.3) is 22.0 Å². The van der Waals surface area contributed by atoms with Crippen LogP contribution in [0.15, 0.2) is 42.4 Å². The second-order valence-corrected chi connectivity index (χ2v) is 11.8. The third-order valence-corrected chi connectivity index (χ3v) is 8.86. The van der Waals surface area contributed by atoms with Crippen LogP contribution in [0, 0.1) is 19.3 Å². The van der Waals surface area contributed by atoms with Crippen molar-refractivity contribution in [2.75, 3.05) is 0 Å². The van der Waals surface area contributed by atoms with E-state index < -0.39 is 0 Å². The Morgan fingerprint density at radius 1 is 0.848 bits per heavy atom. The molecule has 1 nitrogen and oxygen atoms in total. The number of pyridine rings is 1. The molecule has 2 fully saturated rings. The van der Waals surface area contributed by atoms with Crippen LogP contribution in [0.3, 0.4) is 0 Å². The first-order valence-corrected chi connectivity index (χ1v) is 13.3. The first-order chi connectivity index (χ1) is 16.2. The van der Waals surface area contributed by atoms with Gasteiger partial charge in [-0.05, 0) is 96.9 Å². The quantitative estimate of drug-likeness (QED) is 0.358. The van der Waals surface area contributed by atoms with Crippen molar-refractivity contribution in [1.29, 1.82) is 0 Å². The van der Waals surface area contributed by atoms with Gasteiger partial charge in [0.1, 0.15) is 7.05 Å². The monoisotopic (exact) mass is 441 g/mol. The minimum absolute atomic E-state index is 0.478. The Morgan fingerprint density at radius 3 is 2.21 bits per heavy atom. The standard InChI is InChI=1S/C32H42N/c1-22-11-12-27(24-9-7-6-8-10-24)21-30(22)31-29-14-13-26(20-28(29)19-23(2)33(31)5)25-15-17-32(3,4)18-16-25/h11-14,19-21,24-25H,6-10,15-18H2,1-5H3/q+1/i19D. The molecule has 0 radical (unpaired) electrons. The first kappa shape index (κ1) is 21.4. The van der Waals surface area contributed by atoms with E-state index in [4.69, 9.17) is 1.37 Å². The highest BCUT2D eigenvalue weighted by Gasteiger charge is 2.28. The van der Waals surface area contributed by atoms with E-state index in [9.17, 15) is 0 Å². The maximum atomic E-state index is 9.00. The van der Waals surface area contributed by atoms with E-state index in [1.807, 2.05) is 0 Å². The molecule has 0 bridgehead atoms. The van der Waals surface area contributed by atoms with Crippen molar-refractivity contribution < 1.29 is 5.94 Å². The van der Waals surface area contributed by atoms with Crippen molar-refractivity contribution in [1.82, 2.24) is 0 Å². The van der Waals surface area contributed by atoms with E-state index in [0.717, 1.165) is 11.1 Å². The third kappa shape index (κ3) is 4.48. The van der Waals surface area contributed by atoms with Crippen LogP contribution >= 0.6 is 0 Å². The van der Waals surface area contributed by atoms with Crippen molar-refractivity contribution in [2.24, 2.45) is 12.5 Å². The van der Waals surface area contributed by atoms with E-state index >= 15 is 0 Å². The summed E-state index contributed by atoms with van der Waals surface area (Å²) in [6.07, 6.45) is 11.9. The fourth-order valence-corrected chi connectivity index (χ4v) is 6.40. The fourth-order valence-electron chi connectivity index (χ4n) is 6.40. The average molecular weight is 442 g/mol. The average Bonchev–Trinajstić information content (AvgIpc) is 2.84. The molecule has 1 heteroatoms. The molecule has 2 aliphatic rings. The topological polar surface area (TPSA) is 3.88 Å². The smallest absolute Gasteiger partial charge is 0.198 e. The van der Waals surface area contributed by atoms with E-state index in [0.29, 0.717) is 23.3 Å². The minimum atomic E-state index is 0.478. The number of aromatic nitrogens is 1. The zero-order chi connectivity index (χ0) is 24.0. The summed E-state index contributed by atoms with van der Waals surface area (Å²) in [4.78, 5) is 0. The molecule has 1 aromatic heterocycles. The number of aryl methyl sites for hydroxylation is 1. The van der Waals surface area contributed by atoms with Crippen molar-refractivity contribution >= 4 is 10.8 Å². The number of hydrogen-bond acceptors (Lipinski definition) is 0. The lowest BCUT2D eigenvalue weighted by Crippen LogP contribution is -2.35. The van der Waals surface area contributed by atoms with Gasteiger partial charge >= 0.3 is 0 Å². The van der Waals surface area contributed by atoms with Crippen LogP contribution in [0.2, 0.25) is 0 Å². The molecule has 0 spiro atoms. The Kier molecular flexibility index (Phi) is 5.76. The molecule has 0 aliphatic heterocycles. The second kappa shape index (κ2) is 8.90. The van der Waals surface area contributed by atoms with Crippen LogP contribution in [0.1, 0.15) is 107 Å². The zero-order valence-electron chi connectivity index (χ0n) is 22.4. The maximum Gasteiger partial charge on any atom is 0.220 e. The van der Waals surface area contributed by atoms with Crippen LogP contribution in [-0.2, 0) is 7.05 Å². The Bertz CT molecular complexity index is 1210. The predicted molar refractivity (Wildman–Crippen MR) is 141 cm³/mol. The van der Waals surface area contributed by atoms with E-state index in [-0.39, 0.29) is 0 Å². The molecule has 0 amide bonds. The molecule has 2 aliphatic carbocycles. The molecule has 0 N–H and O–H groups in total. The lowest BCUT2D eigenvalue weighted by molar-refractivity contribution is -0.665. The lowest BCUT2D eigenvalue weighted by Gasteiger charge is -2.34. The first-order valence-electron chi connectivity index (χ1n) is 13.8. The van der Waals surface area contributed by atoms with Gasteiger partial charge in [-0.3, -0.25) is 0 Å². The van der Waals surface area contributed by atoms with Gasteiger partial charge in [0.15, 0.2) is 5.69 Å². The summed E-state index contributed by atoms with van der Waals surface area (Å²) in [5.74, 6) is 1.33. The van der Waals surface area contributed by atoms with Gasteiger partial charge in [-0.25, -0.2) is 0 Å². The third-order valence-electron chi connectivity index (χ3n) is 8.86. The van der Waals surface area contributed by atoms with Crippen molar-refractivity contribution in [3.63, 3.8) is 0 Å². The molecule has 0 unspecified atom stereocenters. The van der Waals surface area contributed by atoms with Gasteiger partial charge in [-0.1, -0.05) is 57.4 Å². The Labute approximate surface area is 202 Å². The highest BCUT2D eigenvalue weighted by atomic mass is 14.9. The molecule has 5 rings (SSSR count). The van der Waals surface area contributed by atoms with Gasteiger partial charge < -0.3 is 0 Å². The van der Waals surface area contributed by atoms with Crippen LogP contribution in [0.4, 0.5) is 0 Å². The Morgan fingerprint density at radius 2 is 1.48 bits per heavy atom. The van der Waals surface area contributed by atoms with Gasteiger partial charge in [-0.2, -0.15) is 4.57 Å².